The number of phenolic OH excluding ortho intramolecular Hbond substituents is 1. The van der Waals surface area contributed by atoms with Gasteiger partial charge in [0.1, 0.15) is 17.2 Å². The average molecular weight is 260 g/mol. The van der Waals surface area contributed by atoms with E-state index in [1.807, 2.05) is 6.92 Å². The van der Waals surface area contributed by atoms with Crippen LogP contribution in [0.1, 0.15) is 28.7 Å². The second kappa shape index (κ2) is 5.14. The molecule has 1 heterocycles. The van der Waals surface area contributed by atoms with Crippen molar-refractivity contribution in [3.8, 4) is 11.5 Å². The maximum absolute atomic E-state index is 11.3. The number of nitrogens with zero attached hydrogens (tertiary/aromatic N) is 2. The summed E-state index contributed by atoms with van der Waals surface area (Å²) in [6.45, 7) is 3.74. The monoisotopic (exact) mass is 260 g/mol. The molecule has 0 bridgehead atoms. The van der Waals surface area contributed by atoms with E-state index < -0.39 is 0 Å². The number of ether oxygens (including phenoxy) is 1. The first-order chi connectivity index (χ1) is 9.01. The number of aryl methyl sites for hydroxylation is 1. The van der Waals surface area contributed by atoms with Crippen LogP contribution in [-0.2, 0) is 6.54 Å². The normalized spacial score (nSPS) is 10.5. The van der Waals surface area contributed by atoms with Crippen LogP contribution >= 0.6 is 0 Å². The first-order valence-electron chi connectivity index (χ1n) is 5.92. The Bertz CT molecular complexity index is 617. The molecule has 1 aromatic carbocycles. The lowest BCUT2D eigenvalue weighted by molar-refractivity contribution is 0.101. The van der Waals surface area contributed by atoms with Gasteiger partial charge in [0, 0.05) is 18.2 Å². The fraction of sp³-hybridized carbons (Fsp3) is 0.286. The number of carbonyl (C=O) groups excluding carboxylic acids is 1. The van der Waals surface area contributed by atoms with Crippen molar-refractivity contribution in [3.05, 3.63) is 41.2 Å². The minimum absolute atomic E-state index is 0.0725. The Balaban J connectivity index is 2.33. The minimum atomic E-state index is -0.0725. The van der Waals surface area contributed by atoms with E-state index in [2.05, 4.69) is 5.10 Å². The number of aromatic nitrogens is 2. The maximum atomic E-state index is 11.3. The second-order valence-electron chi connectivity index (χ2n) is 4.38. The summed E-state index contributed by atoms with van der Waals surface area (Å²) in [6.07, 6.45) is 0. The average Bonchev–Trinajstić information content (AvgIpc) is 2.74. The standard InChI is InChI=1S/C14H16N2O3/c1-9-6-13(10(2)17)15-16(9)8-11-7-12(19-3)4-5-14(11)18/h4-7,18H,8H2,1-3H3. The predicted molar refractivity (Wildman–Crippen MR) is 70.7 cm³/mol. The molecule has 1 N–H and O–H groups in total. The molecule has 0 atom stereocenters. The van der Waals surface area contributed by atoms with Crippen molar-refractivity contribution >= 4 is 5.78 Å². The van der Waals surface area contributed by atoms with E-state index in [-0.39, 0.29) is 11.5 Å². The van der Waals surface area contributed by atoms with Crippen LogP contribution in [0.25, 0.3) is 0 Å². The van der Waals surface area contributed by atoms with Crippen molar-refractivity contribution < 1.29 is 14.6 Å². The molecule has 2 aromatic rings. The Morgan fingerprint density at radius 3 is 2.74 bits per heavy atom. The predicted octanol–water partition coefficient (Wildman–Crippen LogP) is 2.16. The van der Waals surface area contributed by atoms with Crippen LogP contribution < -0.4 is 4.74 Å². The van der Waals surface area contributed by atoms with Crippen molar-refractivity contribution in [2.75, 3.05) is 7.11 Å². The van der Waals surface area contributed by atoms with Crippen molar-refractivity contribution in [1.29, 1.82) is 0 Å². The highest BCUT2D eigenvalue weighted by Gasteiger charge is 2.10. The molecule has 0 fully saturated rings. The SMILES string of the molecule is COc1ccc(O)c(Cn2nc(C(C)=O)cc2C)c1. The highest BCUT2D eigenvalue weighted by Crippen LogP contribution is 2.24. The quantitative estimate of drug-likeness (QED) is 0.855. The molecule has 0 aliphatic carbocycles. The molecule has 0 amide bonds. The number of rotatable bonds is 4. The molecular weight excluding hydrogens is 244 g/mol. The Morgan fingerprint density at radius 2 is 2.16 bits per heavy atom. The van der Waals surface area contributed by atoms with Gasteiger partial charge in [-0.3, -0.25) is 9.48 Å². The molecule has 0 aliphatic heterocycles. The number of benzene rings is 1. The van der Waals surface area contributed by atoms with Gasteiger partial charge in [-0.2, -0.15) is 5.10 Å². The van der Waals surface area contributed by atoms with Gasteiger partial charge in [0.25, 0.3) is 0 Å². The molecule has 0 spiro atoms. The molecule has 100 valence electrons. The van der Waals surface area contributed by atoms with Crippen LogP contribution in [0.15, 0.2) is 24.3 Å². The Kier molecular flexibility index (Phi) is 3.55. The van der Waals surface area contributed by atoms with Crippen molar-refractivity contribution in [3.63, 3.8) is 0 Å². The lowest BCUT2D eigenvalue weighted by atomic mass is 10.2. The summed E-state index contributed by atoms with van der Waals surface area (Å²) in [6, 6.07) is 6.76. The fourth-order valence-corrected chi connectivity index (χ4v) is 1.82. The molecule has 0 saturated carbocycles. The van der Waals surface area contributed by atoms with Crippen molar-refractivity contribution in [1.82, 2.24) is 9.78 Å². The molecule has 0 aliphatic rings. The summed E-state index contributed by atoms with van der Waals surface area (Å²) >= 11 is 0. The molecular formula is C14H16N2O3. The Morgan fingerprint density at radius 1 is 1.42 bits per heavy atom. The zero-order chi connectivity index (χ0) is 14.0. The van der Waals surface area contributed by atoms with E-state index >= 15 is 0 Å². The van der Waals surface area contributed by atoms with Gasteiger partial charge < -0.3 is 9.84 Å². The van der Waals surface area contributed by atoms with Gasteiger partial charge in [-0.1, -0.05) is 0 Å². The lowest BCUT2D eigenvalue weighted by Crippen LogP contribution is -2.05. The summed E-state index contributed by atoms with van der Waals surface area (Å²) in [5, 5.41) is 14.1. The van der Waals surface area contributed by atoms with Crippen LogP contribution in [0.2, 0.25) is 0 Å². The third kappa shape index (κ3) is 2.76. The zero-order valence-corrected chi connectivity index (χ0v) is 11.2. The third-order valence-corrected chi connectivity index (χ3v) is 2.95. The molecule has 5 heteroatoms. The van der Waals surface area contributed by atoms with Gasteiger partial charge in [0.15, 0.2) is 5.78 Å². The summed E-state index contributed by atoms with van der Waals surface area (Å²) < 4.78 is 6.81. The Hall–Kier alpha value is -2.30. The minimum Gasteiger partial charge on any atom is -0.508 e. The number of phenols is 1. The van der Waals surface area contributed by atoms with E-state index in [9.17, 15) is 9.90 Å². The van der Waals surface area contributed by atoms with Gasteiger partial charge in [0.05, 0.1) is 13.7 Å². The number of Topliss-reactive ketones (excluding diaryl/α,β-unsaturated/α-hetero) is 1. The highest BCUT2D eigenvalue weighted by molar-refractivity contribution is 5.92. The van der Waals surface area contributed by atoms with E-state index in [0.29, 0.717) is 23.6 Å². The van der Waals surface area contributed by atoms with E-state index in [1.165, 1.54) is 6.92 Å². The van der Waals surface area contributed by atoms with Gasteiger partial charge >= 0.3 is 0 Å². The molecule has 0 radical (unpaired) electrons. The van der Waals surface area contributed by atoms with Crippen LogP contribution in [0.5, 0.6) is 11.5 Å². The first-order valence-corrected chi connectivity index (χ1v) is 5.92. The van der Waals surface area contributed by atoms with Crippen molar-refractivity contribution in [2.45, 2.75) is 20.4 Å². The number of aromatic hydroxyl groups is 1. The highest BCUT2D eigenvalue weighted by atomic mass is 16.5. The van der Waals surface area contributed by atoms with Crippen molar-refractivity contribution in [2.24, 2.45) is 0 Å². The van der Waals surface area contributed by atoms with E-state index in [4.69, 9.17) is 4.74 Å². The van der Waals surface area contributed by atoms with E-state index in [0.717, 1.165) is 5.69 Å². The van der Waals surface area contributed by atoms with Crippen LogP contribution in [0.4, 0.5) is 0 Å². The largest absolute Gasteiger partial charge is 0.508 e. The lowest BCUT2D eigenvalue weighted by Gasteiger charge is -2.08. The number of hydrogen-bond acceptors (Lipinski definition) is 4. The van der Waals surface area contributed by atoms with Gasteiger partial charge in [-0.15, -0.1) is 0 Å². The zero-order valence-electron chi connectivity index (χ0n) is 11.2. The molecule has 19 heavy (non-hydrogen) atoms. The van der Waals surface area contributed by atoms with E-state index in [1.54, 1.807) is 36.1 Å². The summed E-state index contributed by atoms with van der Waals surface area (Å²) in [7, 11) is 1.57. The molecule has 5 nitrogen and oxygen atoms in total. The first kappa shape index (κ1) is 13.1. The molecule has 0 saturated heterocycles. The molecule has 0 unspecified atom stereocenters. The second-order valence-corrected chi connectivity index (χ2v) is 4.38. The number of carbonyl (C=O) groups is 1. The van der Waals surface area contributed by atoms with Gasteiger partial charge in [-0.25, -0.2) is 0 Å². The fourth-order valence-electron chi connectivity index (χ4n) is 1.82. The number of methoxy groups -OCH3 is 1. The number of hydrogen-bond donors (Lipinski definition) is 1. The molecule has 2 rings (SSSR count). The summed E-state index contributed by atoms with van der Waals surface area (Å²) in [5.41, 5.74) is 1.99. The Labute approximate surface area is 111 Å². The smallest absolute Gasteiger partial charge is 0.179 e. The van der Waals surface area contributed by atoms with Crippen LogP contribution in [0, 0.1) is 6.92 Å². The van der Waals surface area contributed by atoms with Gasteiger partial charge in [0.2, 0.25) is 0 Å². The summed E-state index contributed by atoms with van der Waals surface area (Å²) in [5.74, 6) is 0.779. The van der Waals surface area contributed by atoms with Gasteiger partial charge in [-0.05, 0) is 31.2 Å². The van der Waals surface area contributed by atoms with Crippen LogP contribution in [0.3, 0.4) is 0 Å². The maximum Gasteiger partial charge on any atom is 0.179 e. The number of ketones is 1. The third-order valence-electron chi connectivity index (χ3n) is 2.95. The van der Waals surface area contributed by atoms with Crippen LogP contribution in [-0.4, -0.2) is 27.8 Å². The summed E-state index contributed by atoms with van der Waals surface area (Å²) in [4.78, 5) is 11.3. The topological polar surface area (TPSA) is 64.3 Å². The molecule has 1 aromatic heterocycles.